The summed E-state index contributed by atoms with van der Waals surface area (Å²) >= 11 is 2.03. The van der Waals surface area contributed by atoms with Gasteiger partial charge in [-0.2, -0.15) is 11.8 Å². The van der Waals surface area contributed by atoms with Gasteiger partial charge in [-0.1, -0.05) is 13.8 Å². The Kier molecular flexibility index (Phi) is 5.31. The van der Waals surface area contributed by atoms with Gasteiger partial charge < -0.3 is 10.2 Å². The fraction of sp³-hybridized carbons (Fsp3) is 0.714. The van der Waals surface area contributed by atoms with Crippen molar-refractivity contribution in [3.05, 3.63) is 11.4 Å². The van der Waals surface area contributed by atoms with Crippen molar-refractivity contribution in [3.63, 3.8) is 0 Å². The molecule has 0 saturated carbocycles. The molecule has 0 aliphatic carbocycles. The molecule has 0 radical (unpaired) electrons. The van der Waals surface area contributed by atoms with Crippen molar-refractivity contribution >= 4 is 23.4 Å². The van der Waals surface area contributed by atoms with E-state index in [4.69, 9.17) is 4.98 Å². The van der Waals surface area contributed by atoms with Gasteiger partial charge in [0.25, 0.3) is 0 Å². The van der Waals surface area contributed by atoms with E-state index in [1.807, 2.05) is 11.8 Å². The fourth-order valence-corrected chi connectivity index (χ4v) is 3.11. The minimum absolute atomic E-state index is 0.886. The van der Waals surface area contributed by atoms with Gasteiger partial charge in [0.2, 0.25) is 0 Å². The predicted molar refractivity (Wildman–Crippen MR) is 84.5 cm³/mol. The minimum Gasteiger partial charge on any atom is -0.370 e. The number of aromatic nitrogens is 2. The number of anilines is 2. The van der Waals surface area contributed by atoms with Crippen LogP contribution in [0.5, 0.6) is 0 Å². The molecule has 0 amide bonds. The summed E-state index contributed by atoms with van der Waals surface area (Å²) in [6.07, 6.45) is 2.00. The average molecular weight is 280 g/mol. The van der Waals surface area contributed by atoms with Crippen LogP contribution in [0.4, 0.5) is 11.6 Å². The minimum atomic E-state index is 0.886. The molecular weight excluding hydrogens is 256 g/mol. The van der Waals surface area contributed by atoms with Crippen LogP contribution in [0.15, 0.2) is 0 Å². The standard InChI is InChI=1S/C14H24N4S/c1-4-6-15-13-11(3)14(17-12(5-2)16-13)18-7-9-19-10-8-18/h4-10H2,1-3H3,(H,15,16,17). The molecule has 106 valence electrons. The molecule has 1 aromatic heterocycles. The smallest absolute Gasteiger partial charge is 0.137 e. The SMILES string of the molecule is CCCNc1nc(CC)nc(N2CCSCC2)c1C. The zero-order valence-electron chi connectivity index (χ0n) is 12.2. The van der Waals surface area contributed by atoms with Gasteiger partial charge in [0.15, 0.2) is 0 Å². The number of aryl methyl sites for hydroxylation is 1. The number of rotatable bonds is 5. The number of nitrogens with zero attached hydrogens (tertiary/aromatic N) is 3. The van der Waals surface area contributed by atoms with Gasteiger partial charge in [0.05, 0.1) is 0 Å². The maximum atomic E-state index is 4.75. The van der Waals surface area contributed by atoms with E-state index < -0.39 is 0 Å². The molecule has 4 nitrogen and oxygen atoms in total. The van der Waals surface area contributed by atoms with Gasteiger partial charge in [0, 0.05) is 43.1 Å². The van der Waals surface area contributed by atoms with Gasteiger partial charge >= 0.3 is 0 Å². The number of hydrogen-bond acceptors (Lipinski definition) is 5. The first-order valence-corrected chi connectivity index (χ1v) is 8.35. The first-order valence-electron chi connectivity index (χ1n) is 7.20. The maximum Gasteiger partial charge on any atom is 0.137 e. The van der Waals surface area contributed by atoms with Crippen molar-refractivity contribution in [1.29, 1.82) is 0 Å². The van der Waals surface area contributed by atoms with Crippen LogP contribution < -0.4 is 10.2 Å². The molecule has 0 unspecified atom stereocenters. The second kappa shape index (κ2) is 6.98. The predicted octanol–water partition coefficient (Wildman–Crippen LogP) is 2.72. The third-order valence-corrected chi connectivity index (χ3v) is 4.28. The molecular formula is C14H24N4S. The zero-order chi connectivity index (χ0) is 13.7. The molecule has 2 rings (SSSR count). The molecule has 1 saturated heterocycles. The monoisotopic (exact) mass is 280 g/mol. The highest BCUT2D eigenvalue weighted by Crippen LogP contribution is 2.26. The van der Waals surface area contributed by atoms with Crippen molar-refractivity contribution in [2.24, 2.45) is 0 Å². The van der Waals surface area contributed by atoms with Crippen LogP contribution in [0.2, 0.25) is 0 Å². The Balaban J connectivity index is 2.29. The molecule has 1 fully saturated rings. The highest BCUT2D eigenvalue weighted by molar-refractivity contribution is 7.99. The average Bonchev–Trinajstić information content (AvgIpc) is 2.47. The first kappa shape index (κ1) is 14.4. The van der Waals surface area contributed by atoms with E-state index in [0.29, 0.717) is 0 Å². The van der Waals surface area contributed by atoms with E-state index in [9.17, 15) is 0 Å². The Morgan fingerprint density at radius 2 is 1.95 bits per heavy atom. The third-order valence-electron chi connectivity index (χ3n) is 3.34. The lowest BCUT2D eigenvalue weighted by atomic mass is 10.2. The summed E-state index contributed by atoms with van der Waals surface area (Å²) in [5.74, 6) is 5.48. The first-order chi connectivity index (χ1) is 9.26. The second-order valence-corrected chi connectivity index (χ2v) is 6.04. The molecule has 1 N–H and O–H groups in total. The Morgan fingerprint density at radius 3 is 2.58 bits per heavy atom. The van der Waals surface area contributed by atoms with Gasteiger partial charge in [-0.05, 0) is 13.3 Å². The summed E-state index contributed by atoms with van der Waals surface area (Å²) in [5, 5.41) is 3.43. The quantitative estimate of drug-likeness (QED) is 0.898. The van der Waals surface area contributed by atoms with E-state index in [1.54, 1.807) is 0 Å². The van der Waals surface area contributed by atoms with Crippen molar-refractivity contribution in [2.45, 2.75) is 33.6 Å². The van der Waals surface area contributed by atoms with Crippen LogP contribution in [0.1, 0.15) is 31.7 Å². The van der Waals surface area contributed by atoms with Crippen molar-refractivity contribution in [1.82, 2.24) is 9.97 Å². The van der Waals surface area contributed by atoms with Crippen LogP contribution in [0.3, 0.4) is 0 Å². The fourth-order valence-electron chi connectivity index (χ4n) is 2.21. The number of hydrogen-bond donors (Lipinski definition) is 1. The van der Waals surface area contributed by atoms with E-state index in [0.717, 1.165) is 49.9 Å². The van der Waals surface area contributed by atoms with Crippen LogP contribution in [-0.4, -0.2) is 41.1 Å². The van der Waals surface area contributed by atoms with Crippen LogP contribution in [-0.2, 0) is 6.42 Å². The summed E-state index contributed by atoms with van der Waals surface area (Å²) < 4.78 is 0. The largest absolute Gasteiger partial charge is 0.370 e. The Morgan fingerprint density at radius 1 is 1.21 bits per heavy atom. The molecule has 1 aliphatic rings. The zero-order valence-corrected chi connectivity index (χ0v) is 13.0. The van der Waals surface area contributed by atoms with Crippen LogP contribution in [0, 0.1) is 6.92 Å². The molecule has 0 atom stereocenters. The van der Waals surface area contributed by atoms with Gasteiger partial charge in [-0.25, -0.2) is 9.97 Å². The van der Waals surface area contributed by atoms with Crippen molar-refractivity contribution < 1.29 is 0 Å². The summed E-state index contributed by atoms with van der Waals surface area (Å²) in [6.45, 7) is 9.58. The van der Waals surface area contributed by atoms with E-state index >= 15 is 0 Å². The van der Waals surface area contributed by atoms with E-state index in [1.165, 1.54) is 17.1 Å². The molecule has 0 aromatic carbocycles. The lowest BCUT2D eigenvalue weighted by molar-refractivity contribution is 0.809. The van der Waals surface area contributed by atoms with E-state index in [-0.39, 0.29) is 0 Å². The highest BCUT2D eigenvalue weighted by Gasteiger charge is 2.18. The summed E-state index contributed by atoms with van der Waals surface area (Å²) in [7, 11) is 0. The molecule has 1 aliphatic heterocycles. The molecule has 19 heavy (non-hydrogen) atoms. The summed E-state index contributed by atoms with van der Waals surface area (Å²) in [5.41, 5.74) is 1.19. The number of thioether (sulfide) groups is 1. The number of nitrogens with one attached hydrogen (secondary N) is 1. The molecule has 0 bridgehead atoms. The molecule has 2 heterocycles. The third kappa shape index (κ3) is 3.53. The van der Waals surface area contributed by atoms with Gasteiger partial charge in [0.1, 0.15) is 17.5 Å². The van der Waals surface area contributed by atoms with Gasteiger partial charge in [-0.15, -0.1) is 0 Å². The van der Waals surface area contributed by atoms with Crippen molar-refractivity contribution in [3.8, 4) is 0 Å². The van der Waals surface area contributed by atoms with Gasteiger partial charge in [-0.3, -0.25) is 0 Å². The molecule has 0 spiro atoms. The lowest BCUT2D eigenvalue weighted by Crippen LogP contribution is -2.34. The normalized spacial score (nSPS) is 15.6. The Hall–Kier alpha value is -0.970. The highest BCUT2D eigenvalue weighted by atomic mass is 32.2. The maximum absolute atomic E-state index is 4.75. The second-order valence-electron chi connectivity index (χ2n) is 4.82. The lowest BCUT2D eigenvalue weighted by Gasteiger charge is -2.29. The van der Waals surface area contributed by atoms with Crippen LogP contribution >= 0.6 is 11.8 Å². The summed E-state index contributed by atoms with van der Waals surface area (Å²) in [6, 6.07) is 0. The topological polar surface area (TPSA) is 41.1 Å². The Labute approximate surface area is 120 Å². The molecule has 5 heteroatoms. The molecule has 1 aromatic rings. The van der Waals surface area contributed by atoms with E-state index in [2.05, 4.69) is 36.0 Å². The summed E-state index contributed by atoms with van der Waals surface area (Å²) in [4.78, 5) is 11.8. The Bertz CT molecular complexity index is 416. The van der Waals surface area contributed by atoms with Crippen molar-refractivity contribution in [2.75, 3.05) is 41.4 Å². The van der Waals surface area contributed by atoms with Crippen LogP contribution in [0.25, 0.3) is 0 Å².